The van der Waals surface area contributed by atoms with Crippen LogP contribution in [0.15, 0.2) is 18.2 Å². The first kappa shape index (κ1) is 15.7. The first-order valence-electron chi connectivity index (χ1n) is 5.55. The monoisotopic (exact) mass is 291 g/mol. The van der Waals surface area contributed by atoms with Gasteiger partial charge in [-0.1, -0.05) is 0 Å². The van der Waals surface area contributed by atoms with Crippen molar-refractivity contribution in [2.75, 3.05) is 18.9 Å². The number of hydrogen-bond acceptors (Lipinski definition) is 4. The molecule has 0 saturated carbocycles. The number of carbonyl (C=O) groups excluding carboxylic acids is 1. The lowest BCUT2D eigenvalue weighted by molar-refractivity contribution is -0.388. The molecule has 2 N–H and O–H groups in total. The molecule has 0 radical (unpaired) electrons. The van der Waals surface area contributed by atoms with Gasteiger partial charge in [-0.2, -0.15) is 13.2 Å². The molecule has 1 aromatic rings. The molecule has 0 saturated heterocycles. The van der Waals surface area contributed by atoms with Crippen molar-refractivity contribution >= 4 is 17.3 Å². The van der Waals surface area contributed by atoms with Crippen LogP contribution < -0.4 is 10.6 Å². The number of nitrogens with zero attached hydrogens (tertiary/aromatic N) is 1. The van der Waals surface area contributed by atoms with Crippen molar-refractivity contribution in [3.63, 3.8) is 0 Å². The summed E-state index contributed by atoms with van der Waals surface area (Å²) in [5.41, 5.74) is -2.27. The number of anilines is 1. The average Bonchev–Trinajstić information content (AvgIpc) is 2.37. The van der Waals surface area contributed by atoms with E-state index in [1.165, 1.54) is 7.05 Å². The molecule has 1 aromatic carbocycles. The standard InChI is InChI=1S/C11H12F3N3O3/c1-15-10(18)4-5-16-7-2-3-9(17(19)20)8(6-7)11(12,13)14/h2-3,6,16H,4-5H2,1H3,(H,15,18). The lowest BCUT2D eigenvalue weighted by Gasteiger charge is -2.11. The van der Waals surface area contributed by atoms with Crippen LogP contribution in [0.1, 0.15) is 12.0 Å². The van der Waals surface area contributed by atoms with Gasteiger partial charge in [0.25, 0.3) is 5.69 Å². The second-order valence-electron chi connectivity index (χ2n) is 3.84. The number of hydrogen-bond donors (Lipinski definition) is 2. The summed E-state index contributed by atoms with van der Waals surface area (Å²) in [7, 11) is 1.44. The highest BCUT2D eigenvalue weighted by Crippen LogP contribution is 2.37. The van der Waals surface area contributed by atoms with Gasteiger partial charge >= 0.3 is 6.18 Å². The molecule has 0 aromatic heterocycles. The van der Waals surface area contributed by atoms with E-state index >= 15 is 0 Å². The fraction of sp³-hybridized carbons (Fsp3) is 0.364. The maximum atomic E-state index is 12.7. The molecule has 0 fully saturated rings. The van der Waals surface area contributed by atoms with Gasteiger partial charge in [0.15, 0.2) is 0 Å². The number of nitro benzene ring substituents is 1. The quantitative estimate of drug-likeness (QED) is 0.643. The Morgan fingerprint density at radius 2 is 2.05 bits per heavy atom. The molecule has 0 aliphatic heterocycles. The normalized spacial score (nSPS) is 11.0. The highest BCUT2D eigenvalue weighted by Gasteiger charge is 2.38. The summed E-state index contributed by atoms with van der Waals surface area (Å²) in [6.07, 6.45) is -4.74. The van der Waals surface area contributed by atoms with Crippen molar-refractivity contribution in [1.82, 2.24) is 5.32 Å². The number of nitro groups is 1. The Morgan fingerprint density at radius 1 is 1.40 bits per heavy atom. The van der Waals surface area contributed by atoms with Crippen LogP contribution >= 0.6 is 0 Å². The third-order valence-corrected chi connectivity index (χ3v) is 2.46. The molecule has 0 bridgehead atoms. The summed E-state index contributed by atoms with van der Waals surface area (Å²) < 4.78 is 38.1. The molecular weight excluding hydrogens is 279 g/mol. The van der Waals surface area contributed by atoms with Crippen LogP contribution in [-0.4, -0.2) is 24.4 Å². The molecule has 0 aliphatic rings. The Hall–Kier alpha value is -2.32. The van der Waals surface area contributed by atoms with Crippen molar-refractivity contribution in [3.05, 3.63) is 33.9 Å². The van der Waals surface area contributed by atoms with Crippen molar-refractivity contribution in [2.24, 2.45) is 0 Å². The molecule has 0 aliphatic carbocycles. The molecule has 0 atom stereocenters. The molecule has 1 rings (SSSR count). The van der Waals surface area contributed by atoms with Crippen molar-refractivity contribution in [3.8, 4) is 0 Å². The Kier molecular flexibility index (Phi) is 4.89. The van der Waals surface area contributed by atoms with Gasteiger partial charge in [0.1, 0.15) is 5.56 Å². The first-order valence-corrected chi connectivity index (χ1v) is 5.55. The number of nitrogens with one attached hydrogen (secondary N) is 2. The van der Waals surface area contributed by atoms with Crippen molar-refractivity contribution < 1.29 is 22.9 Å². The molecule has 1 amide bonds. The number of rotatable bonds is 5. The lowest BCUT2D eigenvalue weighted by atomic mass is 10.1. The molecule has 6 nitrogen and oxygen atoms in total. The van der Waals surface area contributed by atoms with Crippen LogP contribution in [0.25, 0.3) is 0 Å². The zero-order chi connectivity index (χ0) is 15.3. The predicted octanol–water partition coefficient (Wildman–Crippen LogP) is 2.16. The minimum Gasteiger partial charge on any atom is -0.385 e. The second-order valence-corrected chi connectivity index (χ2v) is 3.84. The van der Waals surface area contributed by atoms with Gasteiger partial charge in [0.05, 0.1) is 4.92 Å². The summed E-state index contributed by atoms with van der Waals surface area (Å²) >= 11 is 0. The van der Waals surface area contributed by atoms with E-state index in [1.54, 1.807) is 0 Å². The van der Waals surface area contributed by atoms with E-state index in [4.69, 9.17) is 0 Å². The van der Waals surface area contributed by atoms with E-state index in [2.05, 4.69) is 10.6 Å². The van der Waals surface area contributed by atoms with E-state index in [-0.39, 0.29) is 24.6 Å². The summed E-state index contributed by atoms with van der Waals surface area (Å²) in [5.74, 6) is -0.268. The van der Waals surface area contributed by atoms with E-state index in [0.29, 0.717) is 6.07 Å². The molecular formula is C11H12F3N3O3. The van der Waals surface area contributed by atoms with Gasteiger partial charge in [0, 0.05) is 31.8 Å². The third kappa shape index (κ3) is 4.11. The minimum absolute atomic E-state index is 0.0619. The highest BCUT2D eigenvalue weighted by molar-refractivity contribution is 5.76. The smallest absolute Gasteiger partial charge is 0.385 e. The van der Waals surface area contributed by atoms with Crippen molar-refractivity contribution in [1.29, 1.82) is 0 Å². The number of amides is 1. The number of benzene rings is 1. The Morgan fingerprint density at radius 3 is 2.55 bits per heavy atom. The van der Waals surface area contributed by atoms with Gasteiger partial charge in [-0.05, 0) is 12.1 Å². The van der Waals surface area contributed by atoms with E-state index in [0.717, 1.165) is 12.1 Å². The second kappa shape index (κ2) is 6.22. The Bertz CT molecular complexity index is 517. The lowest BCUT2D eigenvalue weighted by Crippen LogP contribution is -2.21. The maximum Gasteiger partial charge on any atom is 0.423 e. The third-order valence-electron chi connectivity index (χ3n) is 2.46. The summed E-state index contributed by atoms with van der Waals surface area (Å²) in [6.45, 7) is 0.120. The maximum absolute atomic E-state index is 12.7. The number of halogens is 3. The van der Waals surface area contributed by atoms with E-state index in [1.807, 2.05) is 0 Å². The van der Waals surface area contributed by atoms with Crippen LogP contribution in [0.3, 0.4) is 0 Å². The SMILES string of the molecule is CNC(=O)CCNc1ccc([N+](=O)[O-])c(C(F)(F)F)c1. The molecule has 20 heavy (non-hydrogen) atoms. The summed E-state index contributed by atoms with van der Waals surface area (Å²) in [6, 6.07) is 2.60. The Balaban J connectivity index is 2.90. The summed E-state index contributed by atoms with van der Waals surface area (Å²) in [5, 5.41) is 15.5. The largest absolute Gasteiger partial charge is 0.423 e. The van der Waals surface area contributed by atoms with E-state index < -0.39 is 22.4 Å². The zero-order valence-electron chi connectivity index (χ0n) is 10.5. The fourth-order valence-electron chi connectivity index (χ4n) is 1.48. The number of carbonyl (C=O) groups is 1. The van der Waals surface area contributed by atoms with Crippen LogP contribution in [0.2, 0.25) is 0 Å². The van der Waals surface area contributed by atoms with Gasteiger partial charge in [-0.3, -0.25) is 14.9 Å². The molecule has 0 unspecified atom stereocenters. The first-order chi connectivity index (χ1) is 9.25. The molecule has 0 spiro atoms. The van der Waals surface area contributed by atoms with Crippen LogP contribution in [0, 0.1) is 10.1 Å². The molecule has 0 heterocycles. The topological polar surface area (TPSA) is 84.3 Å². The minimum atomic E-state index is -4.82. The Labute approximate surface area is 112 Å². The van der Waals surface area contributed by atoms with Crippen molar-refractivity contribution in [2.45, 2.75) is 12.6 Å². The van der Waals surface area contributed by atoms with Crippen LogP contribution in [0.4, 0.5) is 24.5 Å². The van der Waals surface area contributed by atoms with Gasteiger partial charge in [-0.15, -0.1) is 0 Å². The average molecular weight is 291 g/mol. The predicted molar refractivity (Wildman–Crippen MR) is 65.3 cm³/mol. The van der Waals surface area contributed by atoms with Crippen LogP contribution in [-0.2, 0) is 11.0 Å². The van der Waals surface area contributed by atoms with E-state index in [9.17, 15) is 28.1 Å². The fourth-order valence-corrected chi connectivity index (χ4v) is 1.48. The zero-order valence-corrected chi connectivity index (χ0v) is 10.5. The van der Waals surface area contributed by atoms with Gasteiger partial charge in [0.2, 0.25) is 5.91 Å². The van der Waals surface area contributed by atoms with Gasteiger partial charge < -0.3 is 10.6 Å². The number of alkyl halides is 3. The highest BCUT2D eigenvalue weighted by atomic mass is 19.4. The van der Waals surface area contributed by atoms with Crippen LogP contribution in [0.5, 0.6) is 0 Å². The molecule has 9 heteroatoms. The van der Waals surface area contributed by atoms with Gasteiger partial charge in [-0.25, -0.2) is 0 Å². The molecule has 110 valence electrons. The summed E-state index contributed by atoms with van der Waals surface area (Å²) in [4.78, 5) is 20.4.